The number of benzene rings is 3. The predicted molar refractivity (Wildman–Crippen MR) is 136 cm³/mol. The minimum absolute atomic E-state index is 0.0962. The highest BCUT2D eigenvalue weighted by molar-refractivity contribution is 7.07. The molecule has 0 saturated carbocycles. The molecule has 6 rings (SSSR count). The Hall–Kier alpha value is -3.83. The summed E-state index contributed by atoms with van der Waals surface area (Å²) in [6, 6.07) is 24.5. The molecule has 1 aliphatic carbocycles. The van der Waals surface area contributed by atoms with E-state index in [0.717, 1.165) is 40.8 Å². The number of nitrogens with zero attached hydrogens (tertiary/aromatic N) is 2. The van der Waals surface area contributed by atoms with Crippen molar-refractivity contribution in [2.45, 2.75) is 18.9 Å². The topological polar surface area (TPSA) is 34.4 Å². The minimum Gasteiger partial charge on any atom is -0.272 e. The Labute approximate surface area is 200 Å². The van der Waals surface area contributed by atoms with Gasteiger partial charge in [-0.3, -0.25) is 9.36 Å². The maximum absolute atomic E-state index is 14.3. The van der Waals surface area contributed by atoms with Crippen LogP contribution >= 0.6 is 11.3 Å². The molecule has 1 atom stereocenters. The van der Waals surface area contributed by atoms with Gasteiger partial charge in [-0.15, -0.1) is 0 Å². The second kappa shape index (κ2) is 8.50. The first kappa shape index (κ1) is 20.8. The summed E-state index contributed by atoms with van der Waals surface area (Å²) in [4.78, 5) is 19.2. The lowest BCUT2D eigenvalue weighted by atomic mass is 9.83. The van der Waals surface area contributed by atoms with Gasteiger partial charge >= 0.3 is 0 Å². The van der Waals surface area contributed by atoms with Crippen LogP contribution in [0.4, 0.5) is 4.39 Å². The molecule has 1 aromatic heterocycles. The average molecular weight is 465 g/mol. The van der Waals surface area contributed by atoms with Gasteiger partial charge in [0.15, 0.2) is 4.80 Å². The molecule has 0 bridgehead atoms. The van der Waals surface area contributed by atoms with Crippen LogP contribution in [0.1, 0.15) is 34.7 Å². The number of hydrogen-bond acceptors (Lipinski definition) is 3. The minimum atomic E-state index is -0.365. The quantitative estimate of drug-likeness (QED) is 0.414. The first-order valence-corrected chi connectivity index (χ1v) is 12.1. The van der Waals surface area contributed by atoms with Gasteiger partial charge in [0, 0.05) is 5.56 Å². The van der Waals surface area contributed by atoms with Gasteiger partial charge in [-0.05, 0) is 53.3 Å². The third-order valence-electron chi connectivity index (χ3n) is 6.37. The van der Waals surface area contributed by atoms with Gasteiger partial charge in [-0.2, -0.15) is 0 Å². The Kier molecular flexibility index (Phi) is 5.19. The van der Waals surface area contributed by atoms with Crippen LogP contribution in [0.3, 0.4) is 0 Å². The van der Waals surface area contributed by atoms with Gasteiger partial charge in [0.25, 0.3) is 5.56 Å². The van der Waals surface area contributed by atoms with Gasteiger partial charge in [-0.25, -0.2) is 9.38 Å². The Bertz CT molecular complexity index is 1640. The molecule has 1 unspecified atom stereocenters. The van der Waals surface area contributed by atoms with Gasteiger partial charge in [-0.1, -0.05) is 90.2 Å². The van der Waals surface area contributed by atoms with Crippen molar-refractivity contribution in [1.82, 2.24) is 4.57 Å². The summed E-state index contributed by atoms with van der Waals surface area (Å²) >= 11 is 1.38. The molecule has 0 N–H and O–H groups in total. The van der Waals surface area contributed by atoms with Crippen molar-refractivity contribution < 1.29 is 4.39 Å². The number of allylic oxidation sites excluding steroid dienone is 2. The molecule has 1 aliphatic heterocycles. The molecule has 4 aromatic rings. The normalized spacial score (nSPS) is 17.3. The summed E-state index contributed by atoms with van der Waals surface area (Å²) in [5.41, 5.74) is 6.10. The number of rotatable bonds is 3. The van der Waals surface area contributed by atoms with Crippen molar-refractivity contribution in [3.63, 3.8) is 0 Å². The molecule has 3 aromatic carbocycles. The van der Waals surface area contributed by atoms with Crippen LogP contribution in [0.5, 0.6) is 0 Å². The zero-order chi connectivity index (χ0) is 23.1. The summed E-state index contributed by atoms with van der Waals surface area (Å²) in [7, 11) is 0. The Balaban J connectivity index is 1.55. The second-order valence-electron chi connectivity index (χ2n) is 8.46. The van der Waals surface area contributed by atoms with Crippen molar-refractivity contribution >= 4 is 29.2 Å². The zero-order valence-corrected chi connectivity index (χ0v) is 19.1. The van der Waals surface area contributed by atoms with E-state index in [1.807, 2.05) is 66.8 Å². The van der Waals surface area contributed by atoms with E-state index in [1.165, 1.54) is 29.0 Å². The molecular weight excluding hydrogens is 443 g/mol. The summed E-state index contributed by atoms with van der Waals surface area (Å²) in [6.45, 7) is 0. The van der Waals surface area contributed by atoms with E-state index >= 15 is 0 Å². The predicted octanol–water partition coefficient (Wildman–Crippen LogP) is 5.12. The van der Waals surface area contributed by atoms with E-state index < -0.39 is 0 Å². The van der Waals surface area contributed by atoms with Crippen LogP contribution in [0.15, 0.2) is 100 Å². The molecule has 0 fully saturated rings. The lowest BCUT2D eigenvalue weighted by Gasteiger charge is -2.30. The number of aromatic nitrogens is 1. The summed E-state index contributed by atoms with van der Waals surface area (Å²) < 4.78 is 16.6. The average Bonchev–Trinajstić information content (AvgIpc) is 3.18. The van der Waals surface area contributed by atoms with Crippen LogP contribution in [-0.4, -0.2) is 4.57 Å². The number of fused-ring (bicyclic) bond motifs is 3. The molecule has 3 nitrogen and oxygen atoms in total. The molecule has 2 heterocycles. The van der Waals surface area contributed by atoms with Crippen LogP contribution in [0, 0.1) is 5.82 Å². The molecule has 0 radical (unpaired) electrons. The van der Waals surface area contributed by atoms with Gasteiger partial charge in [0.05, 0.1) is 16.3 Å². The summed E-state index contributed by atoms with van der Waals surface area (Å²) in [5, 5.41) is 0. The van der Waals surface area contributed by atoms with Gasteiger partial charge in [0.2, 0.25) is 0 Å². The third-order valence-corrected chi connectivity index (χ3v) is 7.37. The molecule has 5 heteroatoms. The highest BCUT2D eigenvalue weighted by atomic mass is 32.1. The van der Waals surface area contributed by atoms with Crippen LogP contribution in [-0.2, 0) is 6.42 Å². The SMILES string of the molecule is O=c1/c(=C\C=C\c2ccccc2)sc2n1C(c1cccc(F)c1)C1=C(N=2)c2ccccc2CC1. The van der Waals surface area contributed by atoms with E-state index in [-0.39, 0.29) is 17.4 Å². The molecular formula is C29H21FN2OS. The maximum Gasteiger partial charge on any atom is 0.271 e. The Morgan fingerprint density at radius 2 is 1.79 bits per heavy atom. The lowest BCUT2D eigenvalue weighted by molar-refractivity contribution is 0.574. The van der Waals surface area contributed by atoms with Gasteiger partial charge in [0.1, 0.15) is 5.82 Å². The zero-order valence-electron chi connectivity index (χ0n) is 18.3. The Morgan fingerprint density at radius 3 is 2.65 bits per heavy atom. The standard InChI is InChI=1S/C29H21FN2OS/c30-22-13-7-12-21(18-22)27-24-17-16-20-11-4-5-14-23(20)26(24)31-29-32(27)28(33)25(34-29)15-6-10-19-8-2-1-3-9-19/h1-15,18,27H,16-17H2/b10-6+,25-15+. The van der Waals surface area contributed by atoms with Gasteiger partial charge < -0.3 is 0 Å². The first-order chi connectivity index (χ1) is 16.7. The maximum atomic E-state index is 14.3. The lowest BCUT2D eigenvalue weighted by Crippen LogP contribution is -2.38. The monoisotopic (exact) mass is 464 g/mol. The van der Waals surface area contributed by atoms with Crippen molar-refractivity contribution in [2.24, 2.45) is 4.99 Å². The largest absolute Gasteiger partial charge is 0.272 e. The van der Waals surface area contributed by atoms with E-state index in [4.69, 9.17) is 4.99 Å². The third kappa shape index (κ3) is 3.58. The molecule has 166 valence electrons. The van der Waals surface area contributed by atoms with Crippen molar-refractivity contribution in [3.05, 3.63) is 138 Å². The number of thiazole rings is 1. The fourth-order valence-corrected chi connectivity index (χ4v) is 5.78. The molecule has 34 heavy (non-hydrogen) atoms. The van der Waals surface area contributed by atoms with E-state index in [9.17, 15) is 9.18 Å². The molecule has 0 amide bonds. The van der Waals surface area contributed by atoms with Crippen molar-refractivity contribution in [1.29, 1.82) is 0 Å². The summed E-state index contributed by atoms with van der Waals surface area (Å²) in [6.07, 6.45) is 7.38. The van der Waals surface area contributed by atoms with Crippen LogP contribution in [0.2, 0.25) is 0 Å². The molecule has 2 aliphatic rings. The first-order valence-electron chi connectivity index (χ1n) is 11.3. The number of aryl methyl sites for hydroxylation is 1. The number of halogens is 1. The van der Waals surface area contributed by atoms with E-state index in [1.54, 1.807) is 10.6 Å². The van der Waals surface area contributed by atoms with E-state index in [0.29, 0.717) is 9.33 Å². The summed E-state index contributed by atoms with van der Waals surface area (Å²) in [5.74, 6) is -0.305. The molecule has 0 spiro atoms. The van der Waals surface area contributed by atoms with Crippen molar-refractivity contribution in [3.8, 4) is 0 Å². The second-order valence-corrected chi connectivity index (χ2v) is 9.47. The Morgan fingerprint density at radius 1 is 0.971 bits per heavy atom. The fraction of sp³-hybridized carbons (Fsp3) is 0.103. The van der Waals surface area contributed by atoms with Crippen LogP contribution < -0.4 is 14.9 Å². The van der Waals surface area contributed by atoms with E-state index in [2.05, 4.69) is 12.1 Å². The smallest absolute Gasteiger partial charge is 0.271 e. The fourth-order valence-electron chi connectivity index (χ4n) is 4.82. The number of hydrogen-bond donors (Lipinski definition) is 0. The highest BCUT2D eigenvalue weighted by Crippen LogP contribution is 2.41. The van der Waals surface area contributed by atoms with Crippen LogP contribution in [0.25, 0.3) is 17.8 Å². The van der Waals surface area contributed by atoms with Crippen molar-refractivity contribution in [2.75, 3.05) is 0 Å². The molecule has 0 saturated heterocycles. The highest BCUT2D eigenvalue weighted by Gasteiger charge is 2.32.